The van der Waals surface area contributed by atoms with Crippen LogP contribution in [0.15, 0.2) is 219 Å². The third-order valence-electron chi connectivity index (χ3n) is 11.8. The van der Waals surface area contributed by atoms with E-state index in [9.17, 15) is 0 Å². The van der Waals surface area contributed by atoms with Crippen molar-refractivity contribution in [3.8, 4) is 50.7 Å². The van der Waals surface area contributed by atoms with Gasteiger partial charge in [-0.15, -0.1) is 0 Å². The third-order valence-corrected chi connectivity index (χ3v) is 11.8. The quantitative estimate of drug-likeness (QED) is 0.166. The summed E-state index contributed by atoms with van der Waals surface area (Å²) in [6.07, 6.45) is 2.19. The fourth-order valence-corrected chi connectivity index (χ4v) is 9.14. The van der Waals surface area contributed by atoms with Gasteiger partial charge in [0.15, 0.2) is 0 Å². The number of para-hydroxylation sites is 3. The van der Waals surface area contributed by atoms with Gasteiger partial charge in [0, 0.05) is 61.3 Å². The van der Waals surface area contributed by atoms with E-state index >= 15 is 0 Å². The Morgan fingerprint density at radius 3 is 1.59 bits per heavy atom. The second kappa shape index (κ2) is 13.3. The minimum absolute atomic E-state index is 0.928. The molecule has 0 aliphatic rings. The summed E-state index contributed by atoms with van der Waals surface area (Å²) in [6.45, 7) is 0. The highest BCUT2D eigenvalue weighted by atomic mass is 15.0. The number of benzene rings is 8. The van der Waals surface area contributed by atoms with Crippen LogP contribution in [0.1, 0.15) is 0 Å². The monoisotopic (exact) mass is 752 g/mol. The minimum Gasteiger partial charge on any atom is -0.316 e. The predicted molar refractivity (Wildman–Crippen MR) is 246 cm³/mol. The number of rotatable bonds is 6. The van der Waals surface area contributed by atoms with E-state index in [0.29, 0.717) is 0 Å². The van der Waals surface area contributed by atoms with Crippen LogP contribution in [0, 0.1) is 0 Å². The summed E-state index contributed by atoms with van der Waals surface area (Å²) in [5.74, 6) is 0. The zero-order valence-electron chi connectivity index (χ0n) is 32.1. The van der Waals surface area contributed by atoms with E-state index in [2.05, 4.69) is 232 Å². The van der Waals surface area contributed by atoms with Crippen molar-refractivity contribution in [1.82, 2.24) is 18.7 Å². The van der Waals surface area contributed by atoms with Gasteiger partial charge in [-0.3, -0.25) is 0 Å². The van der Waals surface area contributed by atoms with Gasteiger partial charge >= 0.3 is 0 Å². The molecule has 0 saturated heterocycles. The molecule has 4 heteroatoms. The molecule has 0 aliphatic carbocycles. The first-order valence-electron chi connectivity index (χ1n) is 20.1. The second-order valence-corrected chi connectivity index (χ2v) is 15.2. The van der Waals surface area contributed by atoms with Crippen LogP contribution in [-0.2, 0) is 0 Å². The number of nitrogens with zero attached hydrogens (tertiary/aromatic N) is 4. The largest absolute Gasteiger partial charge is 0.316 e. The molecule has 0 saturated carbocycles. The fraction of sp³-hybridized carbons (Fsp3) is 0. The molecular formula is C55H36N4. The molecule has 12 rings (SSSR count). The summed E-state index contributed by atoms with van der Waals surface area (Å²) in [6, 6.07) is 76.3. The van der Waals surface area contributed by atoms with Gasteiger partial charge in [-0.1, -0.05) is 140 Å². The fourth-order valence-electron chi connectivity index (χ4n) is 9.14. The second-order valence-electron chi connectivity index (χ2n) is 15.2. The van der Waals surface area contributed by atoms with Gasteiger partial charge in [-0.25, -0.2) is 4.98 Å². The molecule has 4 nitrogen and oxygen atoms in total. The molecule has 0 radical (unpaired) electrons. The van der Waals surface area contributed by atoms with E-state index in [4.69, 9.17) is 4.98 Å². The Bertz CT molecular complexity index is 3460. The van der Waals surface area contributed by atoms with Crippen molar-refractivity contribution in [3.05, 3.63) is 219 Å². The normalized spacial score (nSPS) is 11.7. The van der Waals surface area contributed by atoms with Crippen molar-refractivity contribution in [1.29, 1.82) is 0 Å². The van der Waals surface area contributed by atoms with Gasteiger partial charge < -0.3 is 13.7 Å². The summed E-state index contributed by atoms with van der Waals surface area (Å²) in [5.41, 5.74) is 15.5. The maximum atomic E-state index is 5.34. The molecule has 0 N–H and O–H groups in total. The molecule has 59 heavy (non-hydrogen) atoms. The molecule has 0 unspecified atom stereocenters. The lowest BCUT2D eigenvalue weighted by Gasteiger charge is -2.14. The molecule has 0 atom stereocenters. The van der Waals surface area contributed by atoms with Crippen molar-refractivity contribution < 1.29 is 0 Å². The van der Waals surface area contributed by atoms with E-state index in [1.165, 1.54) is 43.5 Å². The van der Waals surface area contributed by atoms with Gasteiger partial charge in [0.25, 0.3) is 0 Å². The van der Waals surface area contributed by atoms with Crippen LogP contribution in [0.4, 0.5) is 0 Å². The number of hydrogen-bond donors (Lipinski definition) is 0. The smallest absolute Gasteiger partial charge is 0.0788 e. The molecule has 0 aliphatic heterocycles. The molecule has 8 aromatic carbocycles. The molecule has 0 bridgehead atoms. The van der Waals surface area contributed by atoms with Gasteiger partial charge in [0.2, 0.25) is 0 Å². The Morgan fingerprint density at radius 1 is 0.305 bits per heavy atom. The maximum absolute atomic E-state index is 5.34. The lowest BCUT2D eigenvalue weighted by Crippen LogP contribution is -1.99. The predicted octanol–water partition coefficient (Wildman–Crippen LogP) is 14.2. The van der Waals surface area contributed by atoms with Crippen LogP contribution in [-0.4, -0.2) is 18.7 Å². The third kappa shape index (κ3) is 5.34. The van der Waals surface area contributed by atoms with Crippen LogP contribution < -0.4 is 0 Å². The van der Waals surface area contributed by atoms with E-state index < -0.39 is 0 Å². The SMILES string of the molecule is c1ccc(-c2cc(-c3ccccc3)nc(-c3cccc(-n4c5cc6c(ccn6-c6ccccc6)cc5c5ccc6c7ccccc7n(-c7ccccc7)c6c54)c3)c2)cc1. The lowest BCUT2D eigenvalue weighted by molar-refractivity contribution is 1.12. The highest BCUT2D eigenvalue weighted by Crippen LogP contribution is 2.43. The Morgan fingerprint density at radius 2 is 0.864 bits per heavy atom. The standard InChI is InChI=1S/C55H36N4/c1-5-16-37(17-6-1)41-34-49(38-18-7-2-8-19-38)56-50(35-41)39-20-15-25-44(32-39)59-53-36-52-40(30-31-57(52)42-21-9-3-10-22-42)33-48(53)47-29-28-46-45-26-13-14-27-51(45)58(54(46)55(47)59)43-23-11-4-12-24-43/h1-36H. The molecule has 276 valence electrons. The van der Waals surface area contributed by atoms with Crippen LogP contribution in [0.25, 0.3) is 105 Å². The topological polar surface area (TPSA) is 27.7 Å². The highest BCUT2D eigenvalue weighted by molar-refractivity contribution is 6.25. The van der Waals surface area contributed by atoms with Gasteiger partial charge in [-0.05, 0) is 83.9 Å². The van der Waals surface area contributed by atoms with E-state index in [-0.39, 0.29) is 0 Å². The van der Waals surface area contributed by atoms with Crippen molar-refractivity contribution >= 4 is 54.5 Å². The average molecular weight is 753 g/mol. The zero-order chi connectivity index (χ0) is 38.9. The number of aromatic nitrogens is 4. The molecule has 4 heterocycles. The van der Waals surface area contributed by atoms with Crippen LogP contribution in [0.2, 0.25) is 0 Å². The number of fused-ring (bicyclic) bond motifs is 8. The van der Waals surface area contributed by atoms with Crippen molar-refractivity contribution in [2.75, 3.05) is 0 Å². The zero-order valence-corrected chi connectivity index (χ0v) is 32.1. The van der Waals surface area contributed by atoms with E-state index in [1.54, 1.807) is 0 Å². The lowest BCUT2D eigenvalue weighted by atomic mass is 10.00. The first-order valence-corrected chi connectivity index (χ1v) is 20.1. The minimum atomic E-state index is 0.928. The van der Waals surface area contributed by atoms with Crippen LogP contribution in [0.3, 0.4) is 0 Å². The van der Waals surface area contributed by atoms with Crippen molar-refractivity contribution in [2.24, 2.45) is 0 Å². The van der Waals surface area contributed by atoms with Crippen molar-refractivity contribution in [2.45, 2.75) is 0 Å². The molecule has 0 amide bonds. The summed E-state index contributed by atoms with van der Waals surface area (Å²) >= 11 is 0. The van der Waals surface area contributed by atoms with Gasteiger partial charge in [0.05, 0.1) is 39.0 Å². The Balaban J connectivity index is 1.18. The van der Waals surface area contributed by atoms with Crippen LogP contribution in [0.5, 0.6) is 0 Å². The molecular weight excluding hydrogens is 717 g/mol. The summed E-state index contributed by atoms with van der Waals surface area (Å²) in [4.78, 5) is 5.34. The first kappa shape index (κ1) is 33.2. The number of hydrogen-bond acceptors (Lipinski definition) is 1. The Hall–Kier alpha value is -7.95. The highest BCUT2D eigenvalue weighted by Gasteiger charge is 2.23. The molecule has 12 aromatic rings. The summed E-state index contributed by atoms with van der Waals surface area (Å²) in [5, 5.41) is 6.08. The molecule has 0 fully saturated rings. The molecule has 0 spiro atoms. The average Bonchev–Trinajstić information content (AvgIpc) is 3.99. The van der Waals surface area contributed by atoms with Gasteiger partial charge in [-0.2, -0.15) is 0 Å². The van der Waals surface area contributed by atoms with Crippen molar-refractivity contribution in [3.63, 3.8) is 0 Å². The Kier molecular flexibility index (Phi) is 7.50. The summed E-state index contributed by atoms with van der Waals surface area (Å²) < 4.78 is 7.25. The Labute approximate surface area is 341 Å². The van der Waals surface area contributed by atoms with E-state index in [1.807, 2.05) is 0 Å². The van der Waals surface area contributed by atoms with Gasteiger partial charge in [0.1, 0.15) is 0 Å². The number of pyridine rings is 1. The van der Waals surface area contributed by atoms with Crippen LogP contribution >= 0.6 is 0 Å². The maximum Gasteiger partial charge on any atom is 0.0788 e. The van der Waals surface area contributed by atoms with E-state index in [0.717, 1.165) is 61.7 Å². The summed E-state index contributed by atoms with van der Waals surface area (Å²) in [7, 11) is 0. The first-order chi connectivity index (χ1) is 29.3. The molecule has 4 aromatic heterocycles.